The number of halogens is 1. The van der Waals surface area contributed by atoms with E-state index in [1.807, 2.05) is 24.3 Å². The van der Waals surface area contributed by atoms with Crippen molar-refractivity contribution in [1.82, 2.24) is 20.4 Å². The van der Waals surface area contributed by atoms with Gasteiger partial charge in [0.1, 0.15) is 5.69 Å². The van der Waals surface area contributed by atoms with Gasteiger partial charge < -0.3 is 20.3 Å². The van der Waals surface area contributed by atoms with E-state index in [9.17, 15) is 12.8 Å². The van der Waals surface area contributed by atoms with Gasteiger partial charge in [0.15, 0.2) is 27.1 Å². The molecule has 0 radical (unpaired) electrons. The molecular formula is C28H30FN5O4S. The maximum absolute atomic E-state index is 12.7. The number of nitrogen functional groups attached to an aromatic ring is 1. The fraction of sp³-hybridized carbons (Fsp3) is 0.321. The van der Waals surface area contributed by atoms with Gasteiger partial charge in [-0.1, -0.05) is 41.6 Å². The summed E-state index contributed by atoms with van der Waals surface area (Å²) in [6.45, 7) is 3.14. The van der Waals surface area contributed by atoms with E-state index in [0.29, 0.717) is 34.4 Å². The molecule has 2 atom stereocenters. The SMILES string of the molecule is CC(CCF)S(=O)(=O)c1ccc(-c2cnc(N)c(-c3cc(-c4ccc(CN[C@@H]5CCOC5)cc4)no3)n2)cc1. The van der Waals surface area contributed by atoms with Crippen LogP contribution in [0.5, 0.6) is 0 Å². The van der Waals surface area contributed by atoms with E-state index in [1.54, 1.807) is 18.2 Å². The number of anilines is 1. The van der Waals surface area contributed by atoms with Crippen LogP contribution in [0.1, 0.15) is 25.3 Å². The van der Waals surface area contributed by atoms with Crippen LogP contribution in [0.4, 0.5) is 10.2 Å². The molecule has 0 spiro atoms. The Morgan fingerprint density at radius 2 is 1.82 bits per heavy atom. The first-order valence-electron chi connectivity index (χ1n) is 12.8. The zero-order valence-corrected chi connectivity index (χ0v) is 22.3. The van der Waals surface area contributed by atoms with E-state index < -0.39 is 21.8 Å². The topological polar surface area (TPSA) is 133 Å². The van der Waals surface area contributed by atoms with Gasteiger partial charge in [-0.25, -0.2) is 18.4 Å². The number of nitrogens with two attached hydrogens (primary N) is 1. The van der Waals surface area contributed by atoms with E-state index in [-0.39, 0.29) is 17.1 Å². The fourth-order valence-corrected chi connectivity index (χ4v) is 5.73. The van der Waals surface area contributed by atoms with Crippen molar-refractivity contribution in [2.45, 2.75) is 42.5 Å². The van der Waals surface area contributed by atoms with E-state index >= 15 is 0 Å². The van der Waals surface area contributed by atoms with E-state index in [1.165, 1.54) is 25.3 Å². The monoisotopic (exact) mass is 551 g/mol. The molecule has 3 heterocycles. The van der Waals surface area contributed by atoms with Gasteiger partial charge in [-0.3, -0.25) is 4.39 Å². The standard InChI is InChI=1S/C28H30FN5O4S/c1-18(10-12-29)39(35,36)23-8-6-21(7-9-23)25-16-32-28(30)27(33-25)26-14-24(34-38-26)20-4-2-19(3-5-20)15-31-22-11-13-37-17-22/h2-9,14,16,18,22,31H,10-13,15,17H2,1H3,(H2,30,32)/t18?,22-/m1/s1. The molecule has 2 aromatic heterocycles. The molecule has 11 heteroatoms. The number of nitrogens with zero attached hydrogens (tertiary/aromatic N) is 3. The lowest BCUT2D eigenvalue weighted by Crippen LogP contribution is -2.28. The van der Waals surface area contributed by atoms with Crippen molar-refractivity contribution in [3.05, 3.63) is 66.4 Å². The van der Waals surface area contributed by atoms with Crippen molar-refractivity contribution in [2.24, 2.45) is 0 Å². The lowest BCUT2D eigenvalue weighted by atomic mass is 10.1. The zero-order valence-electron chi connectivity index (χ0n) is 21.5. The summed E-state index contributed by atoms with van der Waals surface area (Å²) in [7, 11) is -3.62. The van der Waals surface area contributed by atoms with Crippen molar-refractivity contribution >= 4 is 15.7 Å². The molecule has 0 bridgehead atoms. The number of ether oxygens (including phenoxy) is 1. The Hall–Kier alpha value is -3.67. The molecule has 1 aliphatic heterocycles. The van der Waals surface area contributed by atoms with Crippen LogP contribution in [0.2, 0.25) is 0 Å². The highest BCUT2D eigenvalue weighted by Crippen LogP contribution is 2.30. The largest absolute Gasteiger partial charge is 0.382 e. The Balaban J connectivity index is 1.32. The summed E-state index contributed by atoms with van der Waals surface area (Å²) >= 11 is 0. The minimum Gasteiger partial charge on any atom is -0.382 e. The molecule has 4 aromatic rings. The summed E-state index contributed by atoms with van der Waals surface area (Å²) in [5.41, 5.74) is 10.3. The lowest BCUT2D eigenvalue weighted by Gasteiger charge is -2.12. The number of hydrogen-bond acceptors (Lipinski definition) is 9. The molecule has 1 unspecified atom stereocenters. The van der Waals surface area contributed by atoms with Crippen LogP contribution in [0.3, 0.4) is 0 Å². The highest BCUT2D eigenvalue weighted by atomic mass is 32.2. The zero-order chi connectivity index (χ0) is 27.4. The van der Waals surface area contributed by atoms with E-state index in [2.05, 4.69) is 20.4 Å². The van der Waals surface area contributed by atoms with Gasteiger partial charge >= 0.3 is 0 Å². The Labute approximate surface area is 226 Å². The van der Waals surface area contributed by atoms with Crippen molar-refractivity contribution in [2.75, 3.05) is 25.6 Å². The van der Waals surface area contributed by atoms with Crippen LogP contribution in [0.15, 0.2) is 70.2 Å². The average Bonchev–Trinajstić information content (AvgIpc) is 3.66. The van der Waals surface area contributed by atoms with Gasteiger partial charge in [-0.05, 0) is 37.5 Å². The van der Waals surface area contributed by atoms with Gasteiger partial charge in [-0.15, -0.1) is 0 Å². The number of aromatic nitrogens is 3. The highest BCUT2D eigenvalue weighted by molar-refractivity contribution is 7.92. The summed E-state index contributed by atoms with van der Waals surface area (Å²) in [6.07, 6.45) is 2.49. The van der Waals surface area contributed by atoms with Gasteiger partial charge in [0.25, 0.3) is 0 Å². The number of benzene rings is 2. The normalized spacial score (nSPS) is 16.4. The quantitative estimate of drug-likeness (QED) is 0.293. The number of hydrogen-bond donors (Lipinski definition) is 2. The Morgan fingerprint density at radius 1 is 1.10 bits per heavy atom. The maximum Gasteiger partial charge on any atom is 0.189 e. The summed E-state index contributed by atoms with van der Waals surface area (Å²) in [5.74, 6) is 0.543. The first kappa shape index (κ1) is 26.9. The third-order valence-electron chi connectivity index (χ3n) is 6.84. The molecular weight excluding hydrogens is 521 g/mol. The Morgan fingerprint density at radius 3 is 2.51 bits per heavy atom. The number of alkyl halides is 1. The van der Waals surface area contributed by atoms with Gasteiger partial charge in [-0.2, -0.15) is 0 Å². The fourth-order valence-electron chi connectivity index (χ4n) is 4.35. The van der Waals surface area contributed by atoms with Crippen LogP contribution in [-0.2, 0) is 21.1 Å². The van der Waals surface area contributed by atoms with Gasteiger partial charge in [0.2, 0.25) is 0 Å². The van der Waals surface area contributed by atoms with Crippen LogP contribution in [0, 0.1) is 0 Å². The summed E-state index contributed by atoms with van der Waals surface area (Å²) in [5, 5.41) is 6.88. The first-order chi connectivity index (χ1) is 18.8. The molecule has 0 saturated carbocycles. The predicted molar refractivity (Wildman–Crippen MR) is 146 cm³/mol. The highest BCUT2D eigenvalue weighted by Gasteiger charge is 2.23. The molecule has 3 N–H and O–H groups in total. The van der Waals surface area contributed by atoms with Crippen LogP contribution in [-0.4, -0.2) is 54.7 Å². The number of rotatable bonds is 10. The van der Waals surface area contributed by atoms with Crippen molar-refractivity contribution in [3.63, 3.8) is 0 Å². The third kappa shape index (κ3) is 6.00. The van der Waals surface area contributed by atoms with E-state index in [4.69, 9.17) is 15.0 Å². The van der Waals surface area contributed by atoms with E-state index in [0.717, 1.165) is 37.3 Å². The predicted octanol–water partition coefficient (Wildman–Crippen LogP) is 4.45. The summed E-state index contributed by atoms with van der Waals surface area (Å²) in [4.78, 5) is 9.00. The third-order valence-corrected chi connectivity index (χ3v) is 9.07. The minimum absolute atomic E-state index is 0.0480. The summed E-state index contributed by atoms with van der Waals surface area (Å²) in [6, 6.07) is 16.5. The lowest BCUT2D eigenvalue weighted by molar-refractivity contribution is 0.190. The molecule has 9 nitrogen and oxygen atoms in total. The van der Waals surface area contributed by atoms with Crippen molar-refractivity contribution in [3.8, 4) is 34.0 Å². The van der Waals surface area contributed by atoms with Crippen LogP contribution < -0.4 is 11.1 Å². The molecule has 1 aliphatic rings. The Bertz CT molecular complexity index is 1520. The second-order valence-electron chi connectivity index (χ2n) is 9.56. The molecule has 0 aliphatic carbocycles. The second kappa shape index (κ2) is 11.6. The number of nitrogens with one attached hydrogen (secondary N) is 1. The Kier molecular flexibility index (Phi) is 8.01. The minimum atomic E-state index is -3.62. The summed E-state index contributed by atoms with van der Waals surface area (Å²) < 4.78 is 48.9. The molecule has 1 fully saturated rings. The second-order valence-corrected chi connectivity index (χ2v) is 11.9. The van der Waals surface area contributed by atoms with Crippen molar-refractivity contribution in [1.29, 1.82) is 0 Å². The van der Waals surface area contributed by atoms with Gasteiger partial charge in [0, 0.05) is 36.4 Å². The van der Waals surface area contributed by atoms with Crippen molar-refractivity contribution < 1.29 is 22.1 Å². The molecule has 5 rings (SSSR count). The molecule has 1 saturated heterocycles. The van der Waals surface area contributed by atoms with Crippen LogP contribution >= 0.6 is 0 Å². The maximum atomic E-state index is 12.7. The molecule has 39 heavy (non-hydrogen) atoms. The average molecular weight is 552 g/mol. The molecule has 204 valence electrons. The van der Waals surface area contributed by atoms with Crippen LogP contribution in [0.25, 0.3) is 34.0 Å². The molecule has 0 amide bonds. The first-order valence-corrected chi connectivity index (χ1v) is 14.3. The number of sulfone groups is 1. The molecule has 2 aromatic carbocycles. The smallest absolute Gasteiger partial charge is 0.189 e. The van der Waals surface area contributed by atoms with Gasteiger partial charge in [0.05, 0.1) is 35.3 Å².